The van der Waals surface area contributed by atoms with Crippen LogP contribution < -0.4 is 10.1 Å². The number of carbonyl (C=O) groups is 1. The highest BCUT2D eigenvalue weighted by Gasteiger charge is 2.13. The smallest absolute Gasteiger partial charge is 0.289 e. The Balaban J connectivity index is 1.74. The summed E-state index contributed by atoms with van der Waals surface area (Å²) in [6, 6.07) is 9.07. The van der Waals surface area contributed by atoms with Gasteiger partial charge in [-0.1, -0.05) is 17.3 Å². The molecule has 112 valence electrons. The highest BCUT2D eigenvalue weighted by Crippen LogP contribution is 2.12. The number of hydrogen-bond donors (Lipinski definition) is 2. The summed E-state index contributed by atoms with van der Waals surface area (Å²) in [4.78, 5) is 11.7. The summed E-state index contributed by atoms with van der Waals surface area (Å²) in [5, 5.41) is 16.0. The summed E-state index contributed by atoms with van der Waals surface area (Å²) in [5.41, 5.74) is 1.71. The Morgan fingerprint density at radius 3 is 2.90 bits per heavy atom. The minimum atomic E-state index is -0.807. The molecule has 2 aromatic rings. The number of hydrogen-bond acceptors (Lipinski definition) is 5. The molecule has 0 radical (unpaired) electrons. The zero-order valence-electron chi connectivity index (χ0n) is 12.0. The van der Waals surface area contributed by atoms with Gasteiger partial charge in [-0.2, -0.15) is 0 Å². The SMILES string of the molecule is Cc1cccc(OC[C@@H](O)CNC(=O)c2cc(C)no2)c1. The molecule has 6 heteroatoms. The Bertz CT molecular complexity index is 609. The van der Waals surface area contributed by atoms with Crippen LogP contribution in [0.4, 0.5) is 0 Å². The normalized spacial score (nSPS) is 12.0. The number of carbonyl (C=O) groups excluding carboxylic acids is 1. The fourth-order valence-electron chi connectivity index (χ4n) is 1.72. The molecule has 6 nitrogen and oxygen atoms in total. The van der Waals surface area contributed by atoms with Gasteiger partial charge >= 0.3 is 0 Å². The lowest BCUT2D eigenvalue weighted by Gasteiger charge is -2.13. The summed E-state index contributed by atoms with van der Waals surface area (Å²) in [5.74, 6) is 0.399. The van der Waals surface area contributed by atoms with E-state index in [1.165, 1.54) is 6.07 Å². The standard InChI is InChI=1S/C15H18N2O4/c1-10-4-3-5-13(6-10)20-9-12(18)8-16-15(19)14-7-11(2)17-21-14/h3-7,12,18H,8-9H2,1-2H3,(H,16,19)/t12-/m0/s1. The first-order valence-corrected chi connectivity index (χ1v) is 6.63. The van der Waals surface area contributed by atoms with Crippen LogP contribution >= 0.6 is 0 Å². The second kappa shape index (κ2) is 6.90. The average molecular weight is 290 g/mol. The molecule has 0 saturated carbocycles. The number of aryl methyl sites for hydroxylation is 2. The maximum absolute atomic E-state index is 11.7. The van der Waals surface area contributed by atoms with E-state index in [1.807, 2.05) is 31.2 Å². The molecule has 0 unspecified atom stereocenters. The van der Waals surface area contributed by atoms with Crippen molar-refractivity contribution in [3.8, 4) is 5.75 Å². The number of benzene rings is 1. The minimum Gasteiger partial charge on any atom is -0.491 e. The predicted octanol–water partition coefficient (Wildman–Crippen LogP) is 1.46. The molecule has 0 spiro atoms. The topological polar surface area (TPSA) is 84.6 Å². The molecule has 0 bridgehead atoms. The van der Waals surface area contributed by atoms with E-state index < -0.39 is 12.0 Å². The summed E-state index contributed by atoms with van der Waals surface area (Å²) in [6.07, 6.45) is -0.807. The summed E-state index contributed by atoms with van der Waals surface area (Å²) in [7, 11) is 0. The maximum Gasteiger partial charge on any atom is 0.289 e. The minimum absolute atomic E-state index is 0.0738. The first-order valence-electron chi connectivity index (χ1n) is 6.63. The van der Waals surface area contributed by atoms with Crippen molar-refractivity contribution >= 4 is 5.91 Å². The molecule has 1 aromatic carbocycles. The van der Waals surface area contributed by atoms with Gasteiger partial charge in [0.25, 0.3) is 5.91 Å². The van der Waals surface area contributed by atoms with Crippen molar-refractivity contribution in [2.24, 2.45) is 0 Å². The van der Waals surface area contributed by atoms with Crippen molar-refractivity contribution < 1.29 is 19.2 Å². The van der Waals surface area contributed by atoms with Gasteiger partial charge in [0.05, 0.1) is 5.69 Å². The Morgan fingerprint density at radius 2 is 2.24 bits per heavy atom. The van der Waals surface area contributed by atoms with Gasteiger partial charge < -0.3 is 19.7 Å². The zero-order chi connectivity index (χ0) is 15.2. The van der Waals surface area contributed by atoms with Gasteiger partial charge in [0.1, 0.15) is 18.5 Å². The molecule has 0 fully saturated rings. The van der Waals surface area contributed by atoms with Crippen LogP contribution in [-0.2, 0) is 0 Å². The van der Waals surface area contributed by atoms with Crippen LogP contribution in [0.2, 0.25) is 0 Å². The predicted molar refractivity (Wildman–Crippen MR) is 76.3 cm³/mol. The molecule has 1 heterocycles. The van der Waals surface area contributed by atoms with E-state index in [-0.39, 0.29) is 18.9 Å². The Labute approximate surface area is 122 Å². The second-order valence-corrected chi connectivity index (χ2v) is 4.82. The lowest BCUT2D eigenvalue weighted by molar-refractivity contribution is 0.0815. The van der Waals surface area contributed by atoms with Gasteiger partial charge in [-0.15, -0.1) is 0 Å². The molecular formula is C15H18N2O4. The molecule has 2 N–H and O–H groups in total. The van der Waals surface area contributed by atoms with E-state index in [0.29, 0.717) is 11.4 Å². The highest BCUT2D eigenvalue weighted by molar-refractivity contribution is 5.91. The van der Waals surface area contributed by atoms with Crippen LogP contribution in [0.15, 0.2) is 34.9 Å². The third kappa shape index (κ3) is 4.61. The molecule has 21 heavy (non-hydrogen) atoms. The van der Waals surface area contributed by atoms with Gasteiger partial charge in [-0.3, -0.25) is 4.79 Å². The lowest BCUT2D eigenvalue weighted by Crippen LogP contribution is -2.35. The van der Waals surface area contributed by atoms with Crippen LogP contribution in [0.5, 0.6) is 5.75 Å². The van der Waals surface area contributed by atoms with Crippen LogP contribution in [0, 0.1) is 13.8 Å². The van der Waals surface area contributed by atoms with Crippen LogP contribution in [0.3, 0.4) is 0 Å². The monoisotopic (exact) mass is 290 g/mol. The number of ether oxygens (including phenoxy) is 1. The van der Waals surface area contributed by atoms with Crippen molar-refractivity contribution in [2.75, 3.05) is 13.2 Å². The number of aliphatic hydroxyl groups excluding tert-OH is 1. The third-order valence-corrected chi connectivity index (χ3v) is 2.78. The number of rotatable bonds is 6. The Morgan fingerprint density at radius 1 is 1.43 bits per heavy atom. The van der Waals surface area contributed by atoms with Crippen LogP contribution in [0.25, 0.3) is 0 Å². The third-order valence-electron chi connectivity index (χ3n) is 2.78. The first kappa shape index (κ1) is 15.1. The summed E-state index contributed by atoms with van der Waals surface area (Å²) >= 11 is 0. The van der Waals surface area contributed by atoms with E-state index in [0.717, 1.165) is 5.56 Å². The number of nitrogens with zero attached hydrogens (tertiary/aromatic N) is 1. The second-order valence-electron chi connectivity index (χ2n) is 4.82. The Hall–Kier alpha value is -2.34. The highest BCUT2D eigenvalue weighted by atomic mass is 16.5. The van der Waals surface area contributed by atoms with Gasteiger partial charge in [-0.25, -0.2) is 0 Å². The largest absolute Gasteiger partial charge is 0.491 e. The maximum atomic E-state index is 11.7. The molecule has 2 rings (SSSR count). The average Bonchev–Trinajstić information content (AvgIpc) is 2.89. The summed E-state index contributed by atoms with van der Waals surface area (Å²) < 4.78 is 10.3. The molecular weight excluding hydrogens is 272 g/mol. The van der Waals surface area contributed by atoms with Crippen molar-refractivity contribution in [3.05, 3.63) is 47.3 Å². The molecule has 1 aromatic heterocycles. The number of aliphatic hydroxyl groups is 1. The van der Waals surface area contributed by atoms with Crippen LogP contribution in [-0.4, -0.2) is 35.4 Å². The Kier molecular flexibility index (Phi) is 4.94. The number of amides is 1. The molecule has 0 aliphatic heterocycles. The zero-order valence-corrected chi connectivity index (χ0v) is 12.0. The van der Waals surface area contributed by atoms with Gasteiger partial charge in [0, 0.05) is 12.6 Å². The van der Waals surface area contributed by atoms with Crippen molar-refractivity contribution in [3.63, 3.8) is 0 Å². The lowest BCUT2D eigenvalue weighted by atomic mass is 10.2. The van der Waals surface area contributed by atoms with E-state index in [2.05, 4.69) is 10.5 Å². The van der Waals surface area contributed by atoms with Crippen molar-refractivity contribution in [1.82, 2.24) is 10.5 Å². The summed E-state index contributed by atoms with van der Waals surface area (Å²) in [6.45, 7) is 3.86. The number of nitrogens with one attached hydrogen (secondary N) is 1. The molecule has 0 aliphatic rings. The van der Waals surface area contributed by atoms with Gasteiger partial charge in [0.15, 0.2) is 0 Å². The van der Waals surface area contributed by atoms with Crippen molar-refractivity contribution in [1.29, 1.82) is 0 Å². The van der Waals surface area contributed by atoms with Gasteiger partial charge in [0.2, 0.25) is 5.76 Å². The fourth-order valence-corrected chi connectivity index (χ4v) is 1.72. The fraction of sp³-hybridized carbons (Fsp3) is 0.333. The molecule has 1 amide bonds. The van der Waals surface area contributed by atoms with E-state index in [4.69, 9.17) is 9.26 Å². The first-order chi connectivity index (χ1) is 10.0. The van der Waals surface area contributed by atoms with Crippen molar-refractivity contribution in [2.45, 2.75) is 20.0 Å². The molecule has 0 saturated heterocycles. The molecule has 0 aliphatic carbocycles. The van der Waals surface area contributed by atoms with E-state index >= 15 is 0 Å². The van der Waals surface area contributed by atoms with E-state index in [1.54, 1.807) is 6.92 Å². The number of aromatic nitrogens is 1. The molecule has 1 atom stereocenters. The quantitative estimate of drug-likeness (QED) is 0.841. The van der Waals surface area contributed by atoms with Crippen LogP contribution in [0.1, 0.15) is 21.8 Å². The van der Waals surface area contributed by atoms with Gasteiger partial charge in [-0.05, 0) is 31.5 Å². The van der Waals surface area contributed by atoms with E-state index in [9.17, 15) is 9.90 Å².